The van der Waals surface area contributed by atoms with Crippen LogP contribution >= 0.6 is 35.3 Å². The summed E-state index contributed by atoms with van der Waals surface area (Å²) >= 11 is 7.55. The molecule has 1 fully saturated rings. The zero-order chi connectivity index (χ0) is 17.1. The van der Waals surface area contributed by atoms with Crippen LogP contribution in [0.15, 0.2) is 40.6 Å². The van der Waals surface area contributed by atoms with Crippen LogP contribution in [0.4, 0.5) is 10.8 Å². The largest absolute Gasteiger partial charge is 0.480 e. The number of thioether (sulfide) groups is 1. The van der Waals surface area contributed by atoms with Crippen molar-refractivity contribution in [2.75, 3.05) is 11.9 Å². The van der Waals surface area contributed by atoms with Crippen molar-refractivity contribution in [2.45, 2.75) is 0 Å². The van der Waals surface area contributed by atoms with Gasteiger partial charge in [0.25, 0.3) is 5.91 Å². The number of carbonyl (C=O) groups excluding carboxylic acids is 1. The topological polar surface area (TPSA) is 82.5 Å². The molecule has 0 spiro atoms. The minimum atomic E-state index is -1.10. The highest BCUT2D eigenvalue weighted by atomic mass is 32.2. The number of amides is 1. The van der Waals surface area contributed by atoms with E-state index < -0.39 is 18.4 Å². The van der Waals surface area contributed by atoms with Gasteiger partial charge in [-0.15, -0.1) is 11.3 Å². The third-order valence-electron chi connectivity index (χ3n) is 2.99. The number of carbonyl (C=O) groups is 2. The van der Waals surface area contributed by atoms with E-state index in [1.165, 1.54) is 11.3 Å². The van der Waals surface area contributed by atoms with Gasteiger partial charge in [0.05, 0.1) is 10.6 Å². The quantitative estimate of drug-likeness (QED) is 0.612. The van der Waals surface area contributed by atoms with Gasteiger partial charge in [0.1, 0.15) is 10.9 Å². The maximum atomic E-state index is 12.2. The lowest BCUT2D eigenvalue weighted by Gasteiger charge is -2.09. The number of hydrogen-bond donors (Lipinski definition) is 2. The number of para-hydroxylation sites is 1. The molecule has 9 heteroatoms. The first-order valence-corrected chi connectivity index (χ1v) is 8.88. The Kier molecular flexibility index (Phi) is 4.93. The van der Waals surface area contributed by atoms with Crippen molar-refractivity contribution < 1.29 is 14.7 Å². The second-order valence-electron chi connectivity index (χ2n) is 4.73. The molecule has 3 rings (SSSR count). The van der Waals surface area contributed by atoms with Gasteiger partial charge in [0.15, 0.2) is 5.13 Å². The molecular formula is C15H11N3O3S3. The standard InChI is InChI=1S/C15H11N3O3S3/c19-12(20)7-18-13(21)11(24-15(18)22)6-10-8-23-14(17-10)16-9-4-2-1-3-5-9/h1-6,8H,7H2,(H,16,17)(H,19,20). The number of hydrogen-bond acceptors (Lipinski definition) is 7. The molecule has 1 aromatic carbocycles. The van der Waals surface area contributed by atoms with E-state index in [9.17, 15) is 9.59 Å². The number of carboxylic acid groups (broad SMARTS) is 1. The first-order chi connectivity index (χ1) is 11.5. The van der Waals surface area contributed by atoms with Crippen LogP contribution < -0.4 is 5.32 Å². The van der Waals surface area contributed by atoms with Crippen LogP contribution in [-0.4, -0.2) is 37.7 Å². The summed E-state index contributed by atoms with van der Waals surface area (Å²) in [5.41, 5.74) is 1.54. The minimum Gasteiger partial charge on any atom is -0.480 e. The van der Waals surface area contributed by atoms with E-state index in [1.807, 2.05) is 35.7 Å². The van der Waals surface area contributed by atoms with Crippen LogP contribution in [0.3, 0.4) is 0 Å². The summed E-state index contributed by atoms with van der Waals surface area (Å²) < 4.78 is 0.242. The Hall–Kier alpha value is -2.23. The number of thiocarbonyl (C=S) groups is 1. The van der Waals surface area contributed by atoms with Gasteiger partial charge in [-0.2, -0.15) is 0 Å². The highest BCUT2D eigenvalue weighted by Crippen LogP contribution is 2.33. The molecule has 0 saturated carbocycles. The van der Waals surface area contributed by atoms with E-state index >= 15 is 0 Å². The van der Waals surface area contributed by atoms with Crippen LogP contribution in [0, 0.1) is 0 Å². The number of rotatable bonds is 5. The summed E-state index contributed by atoms with van der Waals surface area (Å²) in [6, 6.07) is 9.63. The second-order valence-corrected chi connectivity index (χ2v) is 7.26. The van der Waals surface area contributed by atoms with Crippen molar-refractivity contribution in [3.05, 3.63) is 46.3 Å². The summed E-state index contributed by atoms with van der Waals surface area (Å²) in [5.74, 6) is -1.51. The maximum Gasteiger partial charge on any atom is 0.323 e. The fourth-order valence-corrected chi connectivity index (χ4v) is 3.89. The molecule has 1 saturated heterocycles. The van der Waals surface area contributed by atoms with Crippen LogP contribution in [-0.2, 0) is 9.59 Å². The number of carboxylic acids is 1. The minimum absolute atomic E-state index is 0.242. The van der Waals surface area contributed by atoms with Crippen molar-refractivity contribution in [3.63, 3.8) is 0 Å². The van der Waals surface area contributed by atoms with Gasteiger partial charge in [0.2, 0.25) is 0 Å². The molecule has 2 heterocycles. The molecular weight excluding hydrogens is 366 g/mol. The molecule has 0 aliphatic carbocycles. The van der Waals surface area contributed by atoms with Crippen LogP contribution in [0.1, 0.15) is 5.69 Å². The first kappa shape index (κ1) is 16.6. The molecule has 0 radical (unpaired) electrons. The number of nitrogens with zero attached hydrogens (tertiary/aromatic N) is 2. The normalized spacial score (nSPS) is 16.0. The molecule has 1 aromatic heterocycles. The number of nitrogens with one attached hydrogen (secondary N) is 1. The highest BCUT2D eigenvalue weighted by molar-refractivity contribution is 8.26. The number of thiazole rings is 1. The van der Waals surface area contributed by atoms with Gasteiger partial charge in [0, 0.05) is 11.1 Å². The number of aromatic nitrogens is 1. The molecule has 2 aromatic rings. The average molecular weight is 377 g/mol. The second kappa shape index (κ2) is 7.12. The fourth-order valence-electron chi connectivity index (χ4n) is 1.96. The molecule has 0 bridgehead atoms. The third-order valence-corrected chi connectivity index (χ3v) is 5.15. The van der Waals surface area contributed by atoms with Crippen molar-refractivity contribution >= 4 is 68.4 Å². The van der Waals surface area contributed by atoms with Crippen molar-refractivity contribution in [1.29, 1.82) is 0 Å². The molecule has 0 unspecified atom stereocenters. The van der Waals surface area contributed by atoms with Crippen molar-refractivity contribution in [3.8, 4) is 0 Å². The van der Waals surface area contributed by atoms with Crippen LogP contribution in [0.2, 0.25) is 0 Å². The lowest BCUT2D eigenvalue weighted by atomic mass is 10.3. The molecule has 1 amide bonds. The number of aliphatic carboxylic acids is 1. The van der Waals surface area contributed by atoms with Crippen molar-refractivity contribution in [1.82, 2.24) is 9.88 Å². The zero-order valence-corrected chi connectivity index (χ0v) is 14.6. The van der Waals surface area contributed by atoms with E-state index in [1.54, 1.807) is 6.08 Å². The average Bonchev–Trinajstić information content (AvgIpc) is 3.08. The Balaban J connectivity index is 1.74. The van der Waals surface area contributed by atoms with Gasteiger partial charge in [-0.25, -0.2) is 4.98 Å². The SMILES string of the molecule is O=C(O)CN1C(=O)C(=Cc2csc(Nc3ccccc3)n2)SC1=S. The molecule has 2 N–H and O–H groups in total. The smallest absolute Gasteiger partial charge is 0.323 e. The summed E-state index contributed by atoms with van der Waals surface area (Å²) in [7, 11) is 0. The molecule has 0 atom stereocenters. The Morgan fingerprint density at radius 2 is 2.12 bits per heavy atom. The van der Waals surface area contributed by atoms with Crippen molar-refractivity contribution in [2.24, 2.45) is 0 Å². The molecule has 1 aliphatic heterocycles. The predicted octanol–water partition coefficient (Wildman–Crippen LogP) is 3.17. The summed E-state index contributed by atoms with van der Waals surface area (Å²) in [5, 5.41) is 14.5. The maximum absolute atomic E-state index is 12.2. The molecule has 6 nitrogen and oxygen atoms in total. The van der Waals surface area contributed by atoms with Gasteiger partial charge in [-0.3, -0.25) is 14.5 Å². The summed E-state index contributed by atoms with van der Waals surface area (Å²) in [4.78, 5) is 28.8. The Labute approximate surface area is 151 Å². The van der Waals surface area contributed by atoms with Crippen LogP contribution in [0.25, 0.3) is 6.08 Å². The van der Waals surface area contributed by atoms with Crippen LogP contribution in [0.5, 0.6) is 0 Å². The van der Waals surface area contributed by atoms with E-state index in [4.69, 9.17) is 17.3 Å². The lowest BCUT2D eigenvalue weighted by molar-refractivity contribution is -0.140. The lowest BCUT2D eigenvalue weighted by Crippen LogP contribution is -2.33. The number of benzene rings is 1. The van der Waals surface area contributed by atoms with E-state index in [2.05, 4.69) is 10.3 Å². The van der Waals surface area contributed by atoms with E-state index in [0.29, 0.717) is 15.7 Å². The Morgan fingerprint density at radius 1 is 1.38 bits per heavy atom. The van der Waals surface area contributed by atoms with E-state index in [0.717, 1.165) is 22.3 Å². The van der Waals surface area contributed by atoms with Gasteiger partial charge in [-0.05, 0) is 18.2 Å². The summed E-state index contributed by atoms with van der Waals surface area (Å²) in [6.45, 7) is -0.431. The van der Waals surface area contributed by atoms with Gasteiger partial charge >= 0.3 is 5.97 Å². The monoisotopic (exact) mass is 377 g/mol. The Morgan fingerprint density at radius 3 is 2.83 bits per heavy atom. The van der Waals surface area contributed by atoms with Gasteiger partial charge < -0.3 is 10.4 Å². The molecule has 24 heavy (non-hydrogen) atoms. The summed E-state index contributed by atoms with van der Waals surface area (Å²) in [6.07, 6.45) is 1.62. The first-order valence-electron chi connectivity index (χ1n) is 6.77. The van der Waals surface area contributed by atoms with E-state index in [-0.39, 0.29) is 4.32 Å². The zero-order valence-electron chi connectivity index (χ0n) is 12.1. The number of anilines is 2. The third kappa shape index (κ3) is 3.81. The highest BCUT2D eigenvalue weighted by Gasteiger charge is 2.33. The molecule has 1 aliphatic rings. The van der Waals surface area contributed by atoms with Gasteiger partial charge in [-0.1, -0.05) is 42.2 Å². The fraction of sp³-hybridized carbons (Fsp3) is 0.0667. The predicted molar refractivity (Wildman–Crippen MR) is 99.4 cm³/mol. The molecule has 122 valence electrons. The Bertz CT molecular complexity index is 833.